The van der Waals surface area contributed by atoms with E-state index in [1.54, 1.807) is 17.8 Å². The maximum atomic E-state index is 13.6. The Morgan fingerprint density at radius 1 is 1.31 bits per heavy atom. The number of hydrogen-bond donors (Lipinski definition) is 2. The zero-order valence-corrected chi connectivity index (χ0v) is 27.6. The highest BCUT2D eigenvalue weighted by molar-refractivity contribution is 8.01. The normalized spacial score (nSPS) is 36.5. The molecule has 2 bridgehead atoms. The van der Waals surface area contributed by atoms with E-state index >= 15 is 0 Å². The SMILES string of the molecule is C=C[C@]1(C)C[C@@H](OC(=O)CSC(C)(C)CNC(=O)c2cc(CC)nn2C)[C@]2(C)[C@H](C)CC[C@]3(CCC(=O)[C@@H]32)[C@@H](C)[C@@H]1O. The van der Waals surface area contributed by atoms with Crippen LogP contribution in [0.15, 0.2) is 18.7 Å². The van der Waals surface area contributed by atoms with Gasteiger partial charge in [-0.3, -0.25) is 19.1 Å². The van der Waals surface area contributed by atoms with Crippen molar-refractivity contribution in [1.29, 1.82) is 0 Å². The zero-order chi connectivity index (χ0) is 31.3. The number of carbonyl (C=O) groups excluding carboxylic acids is 3. The van der Waals surface area contributed by atoms with Crippen LogP contribution >= 0.6 is 11.8 Å². The van der Waals surface area contributed by atoms with Gasteiger partial charge in [0.1, 0.15) is 17.6 Å². The smallest absolute Gasteiger partial charge is 0.316 e. The van der Waals surface area contributed by atoms with Gasteiger partial charge in [-0.05, 0) is 69.3 Å². The molecule has 0 spiro atoms. The number of nitrogens with one attached hydrogen (secondary N) is 1. The molecular formula is C33H51N3O5S. The third-order valence-corrected chi connectivity index (χ3v) is 12.7. The Balaban J connectivity index is 1.50. The number of esters is 1. The van der Waals surface area contributed by atoms with Crippen LogP contribution < -0.4 is 5.32 Å². The molecule has 8 atom stereocenters. The number of hydrogen-bond acceptors (Lipinski definition) is 7. The molecule has 42 heavy (non-hydrogen) atoms. The first-order valence-corrected chi connectivity index (χ1v) is 16.5. The standard InChI is InChI=1S/C33H51N3O5S/c1-10-22-16-23(36(9)35-22)29(40)34-19-30(5,6)42-18-26(38)41-25-17-31(7,11-2)28(39)21(4)33-14-12-20(3)32(25,8)27(33)24(37)13-15-33/h11,16,20-21,25,27-28,39H,2,10,12-15,17-19H2,1,3-9H3,(H,34,40)/t20-,21+,25-,27-,28+,31-,32+,33+/m1/s1. The summed E-state index contributed by atoms with van der Waals surface area (Å²) >= 11 is 1.44. The molecule has 0 aromatic carbocycles. The summed E-state index contributed by atoms with van der Waals surface area (Å²) < 4.78 is 7.53. The largest absolute Gasteiger partial charge is 0.461 e. The van der Waals surface area contributed by atoms with E-state index in [-0.39, 0.29) is 46.6 Å². The third kappa shape index (κ3) is 5.60. The molecule has 3 aliphatic rings. The second-order valence-electron chi connectivity index (χ2n) is 14.3. The van der Waals surface area contributed by atoms with Crippen LogP contribution in [0.3, 0.4) is 0 Å². The Labute approximate surface area is 255 Å². The number of aliphatic hydroxyl groups excluding tert-OH is 1. The number of ether oxygens (including phenoxy) is 1. The highest BCUT2D eigenvalue weighted by atomic mass is 32.2. The van der Waals surface area contributed by atoms with Crippen LogP contribution in [0.1, 0.15) is 96.8 Å². The molecule has 0 aliphatic heterocycles. The number of aryl methyl sites for hydroxylation is 2. The quantitative estimate of drug-likeness (QED) is 0.298. The van der Waals surface area contributed by atoms with E-state index in [9.17, 15) is 19.5 Å². The van der Waals surface area contributed by atoms with Gasteiger partial charge in [-0.1, -0.05) is 40.7 Å². The van der Waals surface area contributed by atoms with Crippen molar-refractivity contribution in [3.05, 3.63) is 30.1 Å². The fraction of sp³-hybridized carbons (Fsp3) is 0.758. The molecular weight excluding hydrogens is 550 g/mol. The number of aliphatic hydroxyl groups is 1. The van der Waals surface area contributed by atoms with Gasteiger partial charge in [-0.2, -0.15) is 5.10 Å². The van der Waals surface area contributed by atoms with Crippen LogP contribution in [-0.2, 0) is 27.8 Å². The molecule has 234 valence electrons. The van der Waals surface area contributed by atoms with E-state index in [1.807, 2.05) is 33.8 Å². The minimum absolute atomic E-state index is 0.0631. The molecule has 8 nitrogen and oxygen atoms in total. The average Bonchev–Trinajstić information content (AvgIpc) is 3.51. The maximum Gasteiger partial charge on any atom is 0.316 e. The Morgan fingerprint density at radius 3 is 2.62 bits per heavy atom. The first kappa shape index (κ1) is 32.8. The van der Waals surface area contributed by atoms with Crippen molar-refractivity contribution >= 4 is 29.4 Å². The number of rotatable bonds is 9. The molecule has 4 rings (SSSR count). The maximum absolute atomic E-state index is 13.6. The second-order valence-corrected chi connectivity index (χ2v) is 16.0. The lowest BCUT2D eigenvalue weighted by molar-refractivity contribution is -0.205. The number of Topliss-reactive ketones (excluding diaryl/α,β-unsaturated/α-hetero) is 1. The van der Waals surface area contributed by atoms with E-state index in [0.29, 0.717) is 25.1 Å². The minimum atomic E-state index is -0.688. The van der Waals surface area contributed by atoms with Crippen molar-refractivity contribution < 1.29 is 24.2 Å². The molecule has 0 unspecified atom stereocenters. The number of thioether (sulfide) groups is 1. The lowest BCUT2D eigenvalue weighted by Crippen LogP contribution is -2.63. The molecule has 3 aliphatic carbocycles. The Hall–Kier alpha value is -2.13. The van der Waals surface area contributed by atoms with Crippen LogP contribution in [0.4, 0.5) is 0 Å². The van der Waals surface area contributed by atoms with Gasteiger partial charge in [0, 0.05) is 41.5 Å². The van der Waals surface area contributed by atoms with Crippen LogP contribution in [0.5, 0.6) is 0 Å². The van der Waals surface area contributed by atoms with Gasteiger partial charge in [0.25, 0.3) is 5.91 Å². The molecule has 1 amide bonds. The summed E-state index contributed by atoms with van der Waals surface area (Å²) in [6, 6.07) is 1.80. The van der Waals surface area contributed by atoms with Crippen LogP contribution in [0, 0.1) is 34.0 Å². The molecule has 2 N–H and O–H groups in total. The molecule has 1 aromatic rings. The first-order valence-electron chi connectivity index (χ1n) is 15.5. The van der Waals surface area contributed by atoms with E-state index < -0.39 is 27.8 Å². The minimum Gasteiger partial charge on any atom is -0.461 e. The summed E-state index contributed by atoms with van der Waals surface area (Å²) in [5.41, 5.74) is -0.125. The fourth-order valence-corrected chi connectivity index (χ4v) is 9.05. The lowest BCUT2D eigenvalue weighted by atomic mass is 9.44. The van der Waals surface area contributed by atoms with Gasteiger partial charge >= 0.3 is 5.97 Å². The van der Waals surface area contributed by atoms with Crippen LogP contribution in [0.25, 0.3) is 0 Å². The van der Waals surface area contributed by atoms with Crippen molar-refractivity contribution in [1.82, 2.24) is 15.1 Å². The summed E-state index contributed by atoms with van der Waals surface area (Å²) in [6.07, 6.45) is 4.91. The van der Waals surface area contributed by atoms with E-state index in [1.165, 1.54) is 11.8 Å². The Bertz CT molecular complexity index is 1230. The highest BCUT2D eigenvalue weighted by Gasteiger charge is 2.68. The summed E-state index contributed by atoms with van der Waals surface area (Å²) in [5.74, 6) is -0.298. The van der Waals surface area contributed by atoms with Gasteiger partial charge in [-0.25, -0.2) is 0 Å². The van der Waals surface area contributed by atoms with Crippen molar-refractivity contribution in [3.8, 4) is 0 Å². The van der Waals surface area contributed by atoms with Gasteiger partial charge in [0.2, 0.25) is 0 Å². The molecule has 0 saturated heterocycles. The molecule has 3 saturated carbocycles. The summed E-state index contributed by atoms with van der Waals surface area (Å²) in [4.78, 5) is 39.9. The number of aromatic nitrogens is 2. The van der Waals surface area contributed by atoms with Crippen LogP contribution in [-0.4, -0.2) is 61.8 Å². The molecule has 0 radical (unpaired) electrons. The predicted octanol–water partition coefficient (Wildman–Crippen LogP) is 5.13. The second kappa shape index (κ2) is 11.8. The van der Waals surface area contributed by atoms with Crippen molar-refractivity contribution in [2.24, 2.45) is 41.0 Å². The van der Waals surface area contributed by atoms with Gasteiger partial charge in [-0.15, -0.1) is 18.3 Å². The topological polar surface area (TPSA) is 111 Å². The van der Waals surface area contributed by atoms with Crippen molar-refractivity contribution in [3.63, 3.8) is 0 Å². The first-order chi connectivity index (χ1) is 19.5. The predicted molar refractivity (Wildman–Crippen MR) is 166 cm³/mol. The summed E-state index contributed by atoms with van der Waals surface area (Å²) in [6.45, 7) is 18.9. The zero-order valence-electron chi connectivity index (χ0n) is 26.8. The van der Waals surface area contributed by atoms with Crippen molar-refractivity contribution in [2.75, 3.05) is 12.3 Å². The van der Waals surface area contributed by atoms with E-state index in [4.69, 9.17) is 4.74 Å². The molecule has 9 heteroatoms. The van der Waals surface area contributed by atoms with Gasteiger partial charge in [0.05, 0.1) is 17.6 Å². The summed E-state index contributed by atoms with van der Waals surface area (Å²) in [5, 5.41) is 19.0. The Morgan fingerprint density at radius 2 is 2.00 bits per heavy atom. The Kier molecular flexibility index (Phi) is 9.17. The number of nitrogens with zero attached hydrogens (tertiary/aromatic N) is 2. The average molecular weight is 602 g/mol. The van der Waals surface area contributed by atoms with E-state index in [0.717, 1.165) is 31.4 Å². The molecule has 1 aromatic heterocycles. The van der Waals surface area contributed by atoms with Gasteiger partial charge in [0.15, 0.2) is 0 Å². The molecule has 1 heterocycles. The fourth-order valence-electron chi connectivity index (χ4n) is 8.30. The highest BCUT2D eigenvalue weighted by Crippen LogP contribution is 2.68. The summed E-state index contributed by atoms with van der Waals surface area (Å²) in [7, 11) is 1.76. The van der Waals surface area contributed by atoms with E-state index in [2.05, 4.69) is 37.8 Å². The number of ketones is 1. The number of carbonyl (C=O) groups is 3. The van der Waals surface area contributed by atoms with Crippen molar-refractivity contribution in [2.45, 2.75) is 104 Å². The number of amides is 1. The molecule has 3 fully saturated rings. The lowest BCUT2D eigenvalue weighted by Gasteiger charge is -2.61. The van der Waals surface area contributed by atoms with Gasteiger partial charge < -0.3 is 15.2 Å². The monoisotopic (exact) mass is 601 g/mol. The van der Waals surface area contributed by atoms with Crippen LogP contribution in [0.2, 0.25) is 0 Å². The third-order valence-electron chi connectivity index (χ3n) is 11.4.